The molecule has 1 aliphatic carbocycles. The highest BCUT2D eigenvalue weighted by Gasteiger charge is 2.43. The lowest BCUT2D eigenvalue weighted by molar-refractivity contribution is -0.125. The highest BCUT2D eigenvalue weighted by Crippen LogP contribution is 2.39. The summed E-state index contributed by atoms with van der Waals surface area (Å²) in [5, 5.41) is 11.8. The number of carbonyl (C=O) groups is 2. The average molecular weight is 395 g/mol. The molecule has 0 radical (unpaired) electrons. The molecule has 1 amide bonds. The van der Waals surface area contributed by atoms with Crippen LogP contribution in [0.5, 0.6) is 0 Å². The Hall–Kier alpha value is -2.48. The lowest BCUT2D eigenvalue weighted by atomic mass is 9.98. The number of benzene rings is 1. The van der Waals surface area contributed by atoms with Gasteiger partial charge in [-0.1, -0.05) is 10.5 Å². The average Bonchev–Trinajstić information content (AvgIpc) is 3.51. The number of sulfonamides is 1. The molecule has 1 aliphatic rings. The molecule has 1 aromatic rings. The largest absolute Gasteiger partial charge is 0.452 e. The first-order chi connectivity index (χ1) is 12.6. The maximum absolute atomic E-state index is 12.2. The van der Waals surface area contributed by atoms with Crippen LogP contribution in [0.25, 0.3) is 0 Å². The molecule has 1 saturated carbocycles. The molecule has 2 rings (SSSR count). The minimum Gasteiger partial charge on any atom is -0.452 e. The van der Waals surface area contributed by atoms with Gasteiger partial charge in [0.05, 0.1) is 23.6 Å². The molecule has 1 atom stereocenters. The molecule has 146 valence electrons. The minimum absolute atomic E-state index is 0.0291. The summed E-state index contributed by atoms with van der Waals surface area (Å²) in [4.78, 5) is 28.6. The molecule has 0 aliphatic heterocycles. The Morgan fingerprint density at radius 1 is 1.41 bits per heavy atom. The quantitative estimate of drug-likeness (QED) is 0.510. The molecule has 0 saturated heterocycles. The molecule has 10 heteroatoms. The molecule has 1 N–H and O–H groups in total. The van der Waals surface area contributed by atoms with Gasteiger partial charge in [-0.05, 0) is 43.9 Å². The van der Waals surface area contributed by atoms with Crippen LogP contribution in [-0.2, 0) is 24.4 Å². The number of hydroxylamine groups is 1. The Bertz CT molecular complexity index is 875. The monoisotopic (exact) mass is 395 g/mol. The maximum Gasteiger partial charge on any atom is 0.338 e. The summed E-state index contributed by atoms with van der Waals surface area (Å²) in [6.45, 7) is 1.06. The Morgan fingerprint density at radius 3 is 2.63 bits per heavy atom. The number of amides is 1. The van der Waals surface area contributed by atoms with Crippen molar-refractivity contribution in [3.05, 3.63) is 29.8 Å². The van der Waals surface area contributed by atoms with E-state index >= 15 is 0 Å². The molecule has 27 heavy (non-hydrogen) atoms. The van der Waals surface area contributed by atoms with Gasteiger partial charge in [0.2, 0.25) is 0 Å². The fourth-order valence-electron chi connectivity index (χ4n) is 2.45. The summed E-state index contributed by atoms with van der Waals surface area (Å²) in [6.07, 6.45) is 1.72. The number of nitrogens with one attached hydrogen (secondary N) is 1. The Labute approximate surface area is 157 Å². The molecule has 0 heterocycles. The van der Waals surface area contributed by atoms with Crippen LogP contribution in [0.2, 0.25) is 0 Å². The van der Waals surface area contributed by atoms with E-state index in [2.05, 4.69) is 16.2 Å². The first-order valence-corrected chi connectivity index (χ1v) is 9.60. The predicted molar refractivity (Wildman–Crippen MR) is 93.6 cm³/mol. The molecule has 0 bridgehead atoms. The van der Waals surface area contributed by atoms with Gasteiger partial charge in [-0.2, -0.15) is 5.26 Å². The van der Waals surface area contributed by atoms with E-state index in [0.717, 1.165) is 18.9 Å². The number of hydrogen-bond donors (Lipinski definition) is 1. The van der Waals surface area contributed by atoms with Gasteiger partial charge in [-0.3, -0.25) is 9.63 Å². The van der Waals surface area contributed by atoms with E-state index in [9.17, 15) is 23.3 Å². The summed E-state index contributed by atoms with van der Waals surface area (Å²) >= 11 is 0. The number of nitrogens with zero attached hydrogens (tertiary/aromatic N) is 2. The third kappa shape index (κ3) is 4.82. The second kappa shape index (κ2) is 8.04. The Kier molecular flexibility index (Phi) is 6.20. The lowest BCUT2D eigenvalue weighted by Crippen LogP contribution is -2.48. The van der Waals surface area contributed by atoms with Gasteiger partial charge in [0.25, 0.3) is 15.9 Å². The highest BCUT2D eigenvalue weighted by molar-refractivity contribution is 7.89. The van der Waals surface area contributed by atoms with Gasteiger partial charge in [0.1, 0.15) is 5.54 Å². The first kappa shape index (κ1) is 20.8. The minimum atomic E-state index is -3.92. The normalized spacial score (nSPS) is 16.3. The summed E-state index contributed by atoms with van der Waals surface area (Å²) in [7, 11) is -1.50. The predicted octanol–water partition coefficient (Wildman–Crippen LogP) is 0.834. The fourth-order valence-corrected chi connectivity index (χ4v) is 3.47. The van der Waals surface area contributed by atoms with E-state index in [1.54, 1.807) is 6.92 Å². The zero-order valence-electron chi connectivity index (χ0n) is 15.3. The van der Waals surface area contributed by atoms with E-state index in [0.29, 0.717) is 4.47 Å². The maximum atomic E-state index is 12.2. The third-order valence-electron chi connectivity index (χ3n) is 4.32. The van der Waals surface area contributed by atoms with E-state index in [-0.39, 0.29) is 16.4 Å². The van der Waals surface area contributed by atoms with Gasteiger partial charge in [-0.15, -0.1) is 0 Å². The topological polar surface area (TPSA) is 126 Å². The van der Waals surface area contributed by atoms with Crippen LogP contribution in [-0.4, -0.2) is 51.1 Å². The van der Waals surface area contributed by atoms with Crippen molar-refractivity contribution in [3.63, 3.8) is 0 Å². The van der Waals surface area contributed by atoms with Crippen molar-refractivity contribution in [2.45, 2.75) is 30.2 Å². The number of carbonyl (C=O) groups excluding carboxylic acids is 2. The van der Waals surface area contributed by atoms with Gasteiger partial charge >= 0.3 is 5.97 Å². The Balaban J connectivity index is 2.01. The van der Waals surface area contributed by atoms with Crippen LogP contribution in [0.1, 0.15) is 30.1 Å². The number of ether oxygens (including phenoxy) is 1. The number of esters is 1. The van der Waals surface area contributed by atoms with E-state index in [1.807, 2.05) is 0 Å². The van der Waals surface area contributed by atoms with E-state index in [4.69, 9.17) is 4.74 Å². The lowest BCUT2D eigenvalue weighted by Gasteiger charge is -2.22. The second-order valence-corrected chi connectivity index (χ2v) is 8.27. The zero-order chi connectivity index (χ0) is 20.2. The Morgan fingerprint density at radius 2 is 2.07 bits per heavy atom. The number of rotatable bonds is 8. The van der Waals surface area contributed by atoms with Crippen LogP contribution in [0.3, 0.4) is 0 Å². The van der Waals surface area contributed by atoms with Crippen molar-refractivity contribution in [2.24, 2.45) is 5.92 Å². The molecule has 1 aromatic carbocycles. The molecule has 1 fully saturated rings. The van der Waals surface area contributed by atoms with Crippen LogP contribution >= 0.6 is 0 Å². The summed E-state index contributed by atoms with van der Waals surface area (Å²) in [5.41, 5.74) is -1.01. The zero-order valence-corrected chi connectivity index (χ0v) is 16.1. The third-order valence-corrected chi connectivity index (χ3v) is 6.00. The van der Waals surface area contributed by atoms with Crippen molar-refractivity contribution < 1.29 is 27.6 Å². The van der Waals surface area contributed by atoms with Gasteiger partial charge in [-0.25, -0.2) is 13.2 Å². The van der Waals surface area contributed by atoms with Crippen LogP contribution in [0.4, 0.5) is 0 Å². The molecular formula is C17H21N3O6S. The molecular weight excluding hydrogens is 374 g/mol. The summed E-state index contributed by atoms with van der Waals surface area (Å²) < 4.78 is 30.0. The van der Waals surface area contributed by atoms with E-state index in [1.165, 1.54) is 32.4 Å². The molecule has 0 spiro atoms. The van der Waals surface area contributed by atoms with Crippen molar-refractivity contribution >= 4 is 21.9 Å². The van der Waals surface area contributed by atoms with Gasteiger partial charge < -0.3 is 10.1 Å². The second-order valence-electron chi connectivity index (χ2n) is 6.34. The van der Waals surface area contributed by atoms with Gasteiger partial charge in [0, 0.05) is 7.05 Å². The standard InChI is InChI=1S/C17H21N3O6S/c1-17(11-18,13-7-8-13)19-15(21)10-26-16(22)12-5-4-6-14(9-12)27(23,24)20(2)25-3/h4-6,9,13H,7-8,10H2,1-3H3,(H,19,21)/t17-/m0/s1. The smallest absolute Gasteiger partial charge is 0.338 e. The first-order valence-electron chi connectivity index (χ1n) is 8.16. The SMILES string of the molecule is CON(C)S(=O)(=O)c1cccc(C(=O)OCC(=O)N[C@@](C)(C#N)C2CC2)c1. The van der Waals surface area contributed by atoms with Crippen molar-refractivity contribution in [2.75, 3.05) is 20.8 Å². The number of hydrogen-bond acceptors (Lipinski definition) is 7. The molecule has 0 aromatic heterocycles. The number of nitriles is 1. The fraction of sp³-hybridized carbons (Fsp3) is 0.471. The van der Waals surface area contributed by atoms with Crippen molar-refractivity contribution in [1.29, 1.82) is 5.26 Å². The summed E-state index contributed by atoms with van der Waals surface area (Å²) in [5.74, 6) is -1.35. The molecule has 0 unspecified atom stereocenters. The van der Waals surface area contributed by atoms with Crippen LogP contribution < -0.4 is 5.32 Å². The van der Waals surface area contributed by atoms with Crippen molar-refractivity contribution in [1.82, 2.24) is 9.79 Å². The van der Waals surface area contributed by atoms with Crippen LogP contribution in [0, 0.1) is 17.2 Å². The van der Waals surface area contributed by atoms with Gasteiger partial charge in [0.15, 0.2) is 6.61 Å². The molecule has 9 nitrogen and oxygen atoms in total. The van der Waals surface area contributed by atoms with Crippen molar-refractivity contribution in [3.8, 4) is 6.07 Å². The van der Waals surface area contributed by atoms with E-state index < -0.39 is 34.0 Å². The van der Waals surface area contributed by atoms with Crippen LogP contribution in [0.15, 0.2) is 29.2 Å². The summed E-state index contributed by atoms with van der Waals surface area (Å²) in [6, 6.07) is 7.27. The highest BCUT2D eigenvalue weighted by atomic mass is 32.2.